The Hall–Kier alpha value is -0.520. The van der Waals surface area contributed by atoms with Crippen LogP contribution in [0.15, 0.2) is 27.6 Å². The number of carbonyl (C=O) groups is 1. The van der Waals surface area contributed by atoms with Gasteiger partial charge in [-0.25, -0.2) is 4.79 Å². The van der Waals surface area contributed by atoms with Crippen LogP contribution in [-0.4, -0.2) is 29.5 Å². The topological polar surface area (TPSA) is 46.5 Å². The third-order valence-electron chi connectivity index (χ3n) is 2.64. The Morgan fingerprint density at radius 1 is 1.41 bits per heavy atom. The molecule has 1 aliphatic heterocycles. The van der Waals surface area contributed by atoms with Gasteiger partial charge < -0.3 is 9.84 Å². The van der Waals surface area contributed by atoms with Crippen LogP contribution in [0.3, 0.4) is 0 Å². The fraction of sp³-hybridized carbons (Fsp3) is 0.417. The highest BCUT2D eigenvalue weighted by Gasteiger charge is 2.16. The van der Waals surface area contributed by atoms with Gasteiger partial charge in [0.25, 0.3) is 0 Å². The zero-order valence-electron chi connectivity index (χ0n) is 9.19. The molecule has 2 rings (SSSR count). The number of benzene rings is 1. The predicted octanol–water partition coefficient (Wildman–Crippen LogP) is 3.42. The van der Waals surface area contributed by atoms with Gasteiger partial charge in [0.1, 0.15) is 0 Å². The fourth-order valence-electron chi connectivity index (χ4n) is 1.73. The van der Waals surface area contributed by atoms with Gasteiger partial charge in [0.2, 0.25) is 0 Å². The number of carboxylic acids is 1. The van der Waals surface area contributed by atoms with Gasteiger partial charge in [-0.3, -0.25) is 0 Å². The second kappa shape index (κ2) is 5.89. The van der Waals surface area contributed by atoms with E-state index in [1.807, 2.05) is 6.07 Å². The maximum Gasteiger partial charge on any atom is 0.336 e. The first kappa shape index (κ1) is 12.9. The number of ether oxygens (including phenoxy) is 1. The summed E-state index contributed by atoms with van der Waals surface area (Å²) in [6, 6.07) is 5.48. The lowest BCUT2D eigenvalue weighted by Gasteiger charge is -2.21. The molecule has 1 aliphatic rings. The summed E-state index contributed by atoms with van der Waals surface area (Å²) in [6.45, 7) is 1.61. The van der Waals surface area contributed by atoms with E-state index in [9.17, 15) is 4.79 Å². The van der Waals surface area contributed by atoms with Crippen LogP contribution in [0.4, 0.5) is 0 Å². The average Bonchev–Trinajstić information content (AvgIpc) is 2.32. The number of hydrogen-bond donors (Lipinski definition) is 1. The van der Waals surface area contributed by atoms with E-state index in [1.54, 1.807) is 23.9 Å². The number of hydrogen-bond acceptors (Lipinski definition) is 3. The van der Waals surface area contributed by atoms with Crippen LogP contribution < -0.4 is 0 Å². The van der Waals surface area contributed by atoms with Gasteiger partial charge in [-0.15, -0.1) is 11.8 Å². The summed E-state index contributed by atoms with van der Waals surface area (Å²) in [5.41, 5.74) is 0.321. The molecule has 0 aliphatic carbocycles. The van der Waals surface area contributed by atoms with Crippen molar-refractivity contribution in [1.82, 2.24) is 0 Å². The zero-order chi connectivity index (χ0) is 12.3. The van der Waals surface area contributed by atoms with Gasteiger partial charge in [-0.2, -0.15) is 0 Å². The van der Waals surface area contributed by atoms with Crippen molar-refractivity contribution < 1.29 is 14.6 Å². The first-order chi connectivity index (χ1) is 8.16. The van der Waals surface area contributed by atoms with Crippen molar-refractivity contribution in [3.05, 3.63) is 28.2 Å². The Morgan fingerprint density at radius 2 is 2.12 bits per heavy atom. The molecule has 1 fully saturated rings. The summed E-state index contributed by atoms with van der Waals surface area (Å²) in [5.74, 6) is -0.897. The summed E-state index contributed by atoms with van der Waals surface area (Å²) in [7, 11) is 0. The van der Waals surface area contributed by atoms with E-state index in [1.165, 1.54) is 0 Å². The predicted molar refractivity (Wildman–Crippen MR) is 70.8 cm³/mol. The number of halogens is 1. The molecule has 0 atom stereocenters. The SMILES string of the molecule is O=C(O)c1cc(SC2CCOCC2)ccc1Br. The highest BCUT2D eigenvalue weighted by molar-refractivity contribution is 9.10. The molecule has 0 aromatic heterocycles. The maximum atomic E-state index is 11.0. The standard InChI is InChI=1S/C12H13BrO3S/c13-11-2-1-9(7-10(11)12(14)15)17-8-3-5-16-6-4-8/h1-2,7-8H,3-6H2,(H,14,15). The third-order valence-corrected chi connectivity index (χ3v) is 4.66. The molecule has 3 nitrogen and oxygen atoms in total. The highest BCUT2D eigenvalue weighted by Crippen LogP contribution is 2.32. The molecule has 0 bridgehead atoms. The van der Waals surface area contributed by atoms with Crippen molar-refractivity contribution in [2.75, 3.05) is 13.2 Å². The van der Waals surface area contributed by atoms with Gasteiger partial charge >= 0.3 is 5.97 Å². The molecule has 0 saturated carbocycles. The first-order valence-corrected chi connectivity index (χ1v) is 7.11. The van der Waals surface area contributed by atoms with Crippen LogP contribution in [0.5, 0.6) is 0 Å². The number of carboxylic acid groups (broad SMARTS) is 1. The molecule has 92 valence electrons. The molecule has 0 radical (unpaired) electrons. The van der Waals surface area contributed by atoms with Crippen LogP contribution >= 0.6 is 27.7 Å². The summed E-state index contributed by atoms with van der Waals surface area (Å²) in [4.78, 5) is 12.0. The van der Waals surface area contributed by atoms with Crippen molar-refractivity contribution in [3.8, 4) is 0 Å². The number of rotatable bonds is 3. The van der Waals surface area contributed by atoms with Crippen molar-refractivity contribution in [2.45, 2.75) is 23.0 Å². The van der Waals surface area contributed by atoms with E-state index in [2.05, 4.69) is 15.9 Å². The minimum absolute atomic E-state index is 0.321. The van der Waals surface area contributed by atoms with E-state index in [-0.39, 0.29) is 0 Å². The van der Waals surface area contributed by atoms with Crippen molar-refractivity contribution in [1.29, 1.82) is 0 Å². The molecule has 1 heterocycles. The fourth-order valence-corrected chi connectivity index (χ4v) is 3.29. The first-order valence-electron chi connectivity index (χ1n) is 5.44. The molecule has 1 N–H and O–H groups in total. The minimum atomic E-state index is -0.897. The third kappa shape index (κ3) is 3.47. The number of aromatic carboxylic acids is 1. The highest BCUT2D eigenvalue weighted by atomic mass is 79.9. The number of thioether (sulfide) groups is 1. The van der Waals surface area contributed by atoms with Crippen LogP contribution in [0.2, 0.25) is 0 Å². The molecule has 0 spiro atoms. The molecule has 1 aromatic carbocycles. The van der Waals surface area contributed by atoms with Gasteiger partial charge in [0.05, 0.1) is 5.56 Å². The Morgan fingerprint density at radius 3 is 2.76 bits per heavy atom. The lowest BCUT2D eigenvalue weighted by Crippen LogP contribution is -2.17. The minimum Gasteiger partial charge on any atom is -0.478 e. The second-order valence-electron chi connectivity index (χ2n) is 3.88. The van der Waals surface area contributed by atoms with Gasteiger partial charge in [0.15, 0.2) is 0 Å². The van der Waals surface area contributed by atoms with Crippen molar-refractivity contribution in [3.63, 3.8) is 0 Å². The van der Waals surface area contributed by atoms with Gasteiger partial charge in [-0.05, 0) is 47.0 Å². The van der Waals surface area contributed by atoms with Crippen LogP contribution in [0, 0.1) is 0 Å². The van der Waals surface area contributed by atoms with Gasteiger partial charge in [0, 0.05) is 27.8 Å². The smallest absolute Gasteiger partial charge is 0.336 e. The molecule has 1 aromatic rings. The second-order valence-corrected chi connectivity index (χ2v) is 6.10. The lowest BCUT2D eigenvalue weighted by atomic mass is 10.2. The molecular weight excluding hydrogens is 304 g/mol. The van der Waals surface area contributed by atoms with Gasteiger partial charge in [-0.1, -0.05) is 0 Å². The largest absolute Gasteiger partial charge is 0.478 e. The average molecular weight is 317 g/mol. The Kier molecular flexibility index (Phi) is 4.48. The molecule has 1 saturated heterocycles. The van der Waals surface area contributed by atoms with Crippen LogP contribution in [0.1, 0.15) is 23.2 Å². The molecule has 0 unspecified atom stereocenters. The quantitative estimate of drug-likeness (QED) is 0.928. The van der Waals surface area contributed by atoms with E-state index in [0.29, 0.717) is 15.3 Å². The lowest BCUT2D eigenvalue weighted by molar-refractivity contribution is 0.0695. The summed E-state index contributed by atoms with van der Waals surface area (Å²) in [5, 5.41) is 9.57. The zero-order valence-corrected chi connectivity index (χ0v) is 11.6. The normalized spacial score (nSPS) is 17.0. The Labute approximate surface area is 113 Å². The monoisotopic (exact) mass is 316 g/mol. The van der Waals surface area contributed by atoms with E-state index < -0.39 is 5.97 Å². The Balaban J connectivity index is 2.10. The van der Waals surface area contributed by atoms with E-state index in [4.69, 9.17) is 9.84 Å². The van der Waals surface area contributed by atoms with Crippen molar-refractivity contribution >= 4 is 33.7 Å². The summed E-state index contributed by atoms with van der Waals surface area (Å²) in [6.07, 6.45) is 2.06. The van der Waals surface area contributed by atoms with Crippen LogP contribution in [0.25, 0.3) is 0 Å². The maximum absolute atomic E-state index is 11.0. The van der Waals surface area contributed by atoms with E-state index in [0.717, 1.165) is 31.0 Å². The molecule has 0 amide bonds. The molecule has 5 heteroatoms. The van der Waals surface area contributed by atoms with E-state index >= 15 is 0 Å². The summed E-state index contributed by atoms with van der Waals surface area (Å²) < 4.78 is 5.93. The van der Waals surface area contributed by atoms with Crippen LogP contribution in [-0.2, 0) is 4.74 Å². The van der Waals surface area contributed by atoms with Crippen molar-refractivity contribution in [2.24, 2.45) is 0 Å². The summed E-state index contributed by atoms with van der Waals surface area (Å²) >= 11 is 4.99. The molecule has 17 heavy (non-hydrogen) atoms. The Bertz CT molecular complexity index is 416. The molecular formula is C12H13BrO3S.